The molecule has 1 N–H and O–H groups in total. The van der Waals surface area contributed by atoms with Crippen LogP contribution >= 0.6 is 23.2 Å². The number of carbonyl (C=O) groups is 1. The summed E-state index contributed by atoms with van der Waals surface area (Å²) in [6.07, 6.45) is 2.80. The molecule has 0 bridgehead atoms. The lowest BCUT2D eigenvalue weighted by Gasteiger charge is -2.11. The Hall–Kier alpha value is -1.73. The maximum Gasteiger partial charge on any atom is 0.250 e. The maximum absolute atomic E-state index is 11.9. The number of halogens is 2. The van der Waals surface area contributed by atoms with E-state index in [4.69, 9.17) is 23.2 Å². The molecule has 0 radical (unpaired) electrons. The molecule has 94 valence electrons. The maximum atomic E-state index is 11.9. The summed E-state index contributed by atoms with van der Waals surface area (Å²) < 4.78 is 1.42. The van der Waals surface area contributed by atoms with Crippen LogP contribution in [0.5, 0.6) is 0 Å². The molecule has 0 aliphatic rings. The minimum atomic E-state index is -0.528. The summed E-state index contributed by atoms with van der Waals surface area (Å²) >= 11 is 11.3. The number of hydrogen-bond donors (Lipinski definition) is 1. The van der Waals surface area contributed by atoms with Crippen LogP contribution in [-0.4, -0.2) is 30.6 Å². The van der Waals surface area contributed by atoms with Gasteiger partial charge in [0.25, 0.3) is 0 Å². The second-order valence-electron chi connectivity index (χ2n) is 3.39. The van der Waals surface area contributed by atoms with Gasteiger partial charge in [0.15, 0.2) is 0 Å². The van der Waals surface area contributed by atoms with E-state index in [1.54, 1.807) is 6.92 Å². The Morgan fingerprint density at radius 2 is 2.22 bits per heavy atom. The number of hydrogen-bond acceptors (Lipinski definition) is 5. The molecule has 0 fully saturated rings. The Labute approximate surface area is 112 Å². The van der Waals surface area contributed by atoms with Crippen LogP contribution in [-0.2, 0) is 4.79 Å². The summed E-state index contributed by atoms with van der Waals surface area (Å²) in [7, 11) is 0. The molecule has 0 saturated carbocycles. The van der Waals surface area contributed by atoms with Crippen molar-refractivity contribution in [2.45, 2.75) is 13.0 Å². The largest absolute Gasteiger partial charge is 0.309 e. The molecule has 1 amide bonds. The molecule has 2 heterocycles. The molecule has 2 aromatic heterocycles. The Kier molecular flexibility index (Phi) is 3.73. The lowest BCUT2D eigenvalue weighted by atomic mass is 10.3. The normalized spacial score (nSPS) is 12.2. The first kappa shape index (κ1) is 12.7. The van der Waals surface area contributed by atoms with Crippen molar-refractivity contribution in [1.82, 2.24) is 24.7 Å². The fourth-order valence-electron chi connectivity index (χ4n) is 1.22. The second kappa shape index (κ2) is 5.28. The molecule has 1 unspecified atom stereocenters. The van der Waals surface area contributed by atoms with Gasteiger partial charge in [-0.25, -0.2) is 19.6 Å². The van der Waals surface area contributed by atoms with Crippen LogP contribution in [0.2, 0.25) is 10.4 Å². The zero-order valence-corrected chi connectivity index (χ0v) is 10.7. The molecule has 2 aromatic rings. The van der Waals surface area contributed by atoms with E-state index in [0.717, 1.165) is 0 Å². The smallest absolute Gasteiger partial charge is 0.250 e. The molecule has 7 nitrogen and oxygen atoms in total. The van der Waals surface area contributed by atoms with Gasteiger partial charge in [0.05, 0.1) is 0 Å². The zero-order valence-electron chi connectivity index (χ0n) is 9.21. The van der Waals surface area contributed by atoms with Crippen molar-refractivity contribution in [2.24, 2.45) is 0 Å². The van der Waals surface area contributed by atoms with E-state index >= 15 is 0 Å². The van der Waals surface area contributed by atoms with E-state index in [1.165, 1.54) is 23.4 Å². The van der Waals surface area contributed by atoms with Gasteiger partial charge in [-0.1, -0.05) is 11.6 Å². The predicted octanol–water partition coefficient (Wildman–Crippen LogP) is 1.57. The number of rotatable bonds is 3. The Morgan fingerprint density at radius 1 is 1.44 bits per heavy atom. The summed E-state index contributed by atoms with van der Waals surface area (Å²) in [6.45, 7) is 1.68. The minimum absolute atomic E-state index is 0.0359. The molecule has 0 aliphatic heterocycles. The number of amides is 1. The third-order valence-electron chi connectivity index (χ3n) is 2.13. The van der Waals surface area contributed by atoms with Crippen LogP contribution in [0.1, 0.15) is 13.0 Å². The quantitative estimate of drug-likeness (QED) is 0.684. The Bertz CT molecular complexity index is 538. The van der Waals surface area contributed by atoms with Gasteiger partial charge in [-0.15, -0.1) is 0 Å². The molecule has 0 saturated heterocycles. The van der Waals surface area contributed by atoms with Gasteiger partial charge in [-0.2, -0.15) is 5.10 Å². The van der Waals surface area contributed by atoms with Gasteiger partial charge in [0.1, 0.15) is 29.7 Å². The van der Waals surface area contributed by atoms with Crippen molar-refractivity contribution in [3.63, 3.8) is 0 Å². The molecular formula is C9H8Cl2N6O. The van der Waals surface area contributed by atoms with Gasteiger partial charge in [0.2, 0.25) is 11.2 Å². The minimum Gasteiger partial charge on any atom is -0.309 e. The van der Waals surface area contributed by atoms with Crippen molar-refractivity contribution in [2.75, 3.05) is 5.32 Å². The number of aromatic nitrogens is 5. The van der Waals surface area contributed by atoms with Gasteiger partial charge >= 0.3 is 0 Å². The highest BCUT2D eigenvalue weighted by atomic mass is 35.5. The Morgan fingerprint density at radius 3 is 2.83 bits per heavy atom. The predicted molar refractivity (Wildman–Crippen MR) is 65.4 cm³/mol. The molecule has 18 heavy (non-hydrogen) atoms. The first-order valence-electron chi connectivity index (χ1n) is 4.91. The molecule has 0 spiro atoms. The molecule has 9 heteroatoms. The summed E-state index contributed by atoms with van der Waals surface area (Å²) in [5.41, 5.74) is 0. The standard InChI is InChI=1S/C9H8Cl2N6O/c1-5(17-4-12-3-13-17)8(18)15-7-2-6(10)14-9(11)16-7/h2-5H,1H3,(H,14,15,16,18). The van der Waals surface area contributed by atoms with Crippen LogP contribution in [0.3, 0.4) is 0 Å². The van der Waals surface area contributed by atoms with Gasteiger partial charge in [-0.3, -0.25) is 4.79 Å². The topological polar surface area (TPSA) is 85.6 Å². The van der Waals surface area contributed by atoms with E-state index in [1.807, 2.05) is 0 Å². The highest BCUT2D eigenvalue weighted by molar-refractivity contribution is 6.32. The number of nitrogens with one attached hydrogen (secondary N) is 1. The molecule has 2 rings (SSSR count). The van der Waals surface area contributed by atoms with Crippen molar-refractivity contribution in [3.05, 3.63) is 29.2 Å². The lowest BCUT2D eigenvalue weighted by Crippen LogP contribution is -2.24. The molecule has 1 atom stereocenters. The van der Waals surface area contributed by atoms with Gasteiger partial charge in [-0.05, 0) is 18.5 Å². The lowest BCUT2D eigenvalue weighted by molar-refractivity contribution is -0.119. The summed E-state index contributed by atoms with van der Waals surface area (Å²) in [6, 6.07) is 0.874. The van der Waals surface area contributed by atoms with E-state index in [-0.39, 0.29) is 22.2 Å². The summed E-state index contributed by atoms with van der Waals surface area (Å²) in [5.74, 6) is -0.0803. The van der Waals surface area contributed by atoms with Crippen LogP contribution in [0, 0.1) is 0 Å². The van der Waals surface area contributed by atoms with Crippen molar-refractivity contribution in [3.8, 4) is 0 Å². The number of anilines is 1. The van der Waals surface area contributed by atoms with Gasteiger partial charge in [0, 0.05) is 6.07 Å². The third kappa shape index (κ3) is 2.93. The average Bonchev–Trinajstić information content (AvgIpc) is 2.79. The first-order chi connectivity index (χ1) is 8.56. The van der Waals surface area contributed by atoms with Crippen LogP contribution in [0.25, 0.3) is 0 Å². The fraction of sp³-hybridized carbons (Fsp3) is 0.222. The van der Waals surface area contributed by atoms with Crippen molar-refractivity contribution < 1.29 is 4.79 Å². The van der Waals surface area contributed by atoms with E-state index in [2.05, 4.69) is 25.4 Å². The van der Waals surface area contributed by atoms with E-state index in [9.17, 15) is 4.79 Å². The Balaban J connectivity index is 2.11. The second-order valence-corrected chi connectivity index (χ2v) is 4.11. The zero-order chi connectivity index (χ0) is 13.1. The molecule has 0 aromatic carbocycles. The third-order valence-corrected chi connectivity index (χ3v) is 2.49. The molecular weight excluding hydrogens is 279 g/mol. The average molecular weight is 287 g/mol. The van der Waals surface area contributed by atoms with Crippen molar-refractivity contribution >= 4 is 34.9 Å². The van der Waals surface area contributed by atoms with Crippen molar-refractivity contribution in [1.29, 1.82) is 0 Å². The number of carbonyl (C=O) groups excluding carboxylic acids is 1. The SMILES string of the molecule is CC(C(=O)Nc1cc(Cl)nc(Cl)n1)n1cncn1. The monoisotopic (exact) mass is 286 g/mol. The number of nitrogens with zero attached hydrogens (tertiary/aromatic N) is 5. The van der Waals surface area contributed by atoms with Gasteiger partial charge < -0.3 is 5.32 Å². The van der Waals surface area contributed by atoms with Crippen LogP contribution in [0.4, 0.5) is 5.82 Å². The highest BCUT2D eigenvalue weighted by Gasteiger charge is 2.16. The molecule has 0 aliphatic carbocycles. The van der Waals surface area contributed by atoms with E-state index in [0.29, 0.717) is 0 Å². The van der Waals surface area contributed by atoms with Crippen LogP contribution in [0.15, 0.2) is 18.7 Å². The first-order valence-corrected chi connectivity index (χ1v) is 5.67. The summed E-state index contributed by atoms with van der Waals surface area (Å²) in [5, 5.41) is 6.55. The fourth-order valence-corrected chi connectivity index (χ4v) is 1.63. The summed E-state index contributed by atoms with van der Waals surface area (Å²) in [4.78, 5) is 23.2. The van der Waals surface area contributed by atoms with Crippen LogP contribution < -0.4 is 5.32 Å². The van der Waals surface area contributed by atoms with E-state index < -0.39 is 6.04 Å². The highest BCUT2D eigenvalue weighted by Crippen LogP contribution is 2.15.